The Labute approximate surface area is 220 Å². The Kier molecular flexibility index (Phi) is 6.06. The molecule has 0 radical (unpaired) electrons. The highest BCUT2D eigenvalue weighted by Crippen LogP contribution is 2.45. The zero-order chi connectivity index (χ0) is 26.4. The molecule has 0 saturated carbocycles. The van der Waals surface area contributed by atoms with Gasteiger partial charge in [-0.05, 0) is 84.8 Å². The molecule has 2 aliphatic rings. The number of aryl methyl sites for hydroxylation is 2. The highest BCUT2D eigenvalue weighted by Gasteiger charge is 2.32. The number of carbonyl (C=O) groups is 1. The molecule has 0 bridgehead atoms. The predicted molar refractivity (Wildman–Crippen MR) is 141 cm³/mol. The molecule has 1 aromatic heterocycles. The van der Waals surface area contributed by atoms with Crippen molar-refractivity contribution in [2.75, 3.05) is 6.61 Å². The Bertz CT molecular complexity index is 1530. The molecule has 1 aliphatic carbocycles. The van der Waals surface area contributed by atoms with Gasteiger partial charge >= 0.3 is 5.97 Å². The maximum atomic E-state index is 15.2. The summed E-state index contributed by atoms with van der Waals surface area (Å²) in [5.41, 5.74) is 8.68. The lowest BCUT2D eigenvalue weighted by Crippen LogP contribution is -2.07. The number of aromatic nitrogens is 2. The molecular formula is C31H27FN2O4. The molecule has 0 saturated heterocycles. The van der Waals surface area contributed by atoms with Crippen molar-refractivity contribution in [1.82, 2.24) is 9.97 Å². The number of hydrogen-bond acceptors (Lipinski definition) is 5. The van der Waals surface area contributed by atoms with Crippen LogP contribution in [0.2, 0.25) is 0 Å². The van der Waals surface area contributed by atoms with Crippen molar-refractivity contribution in [2.45, 2.75) is 45.1 Å². The van der Waals surface area contributed by atoms with Crippen LogP contribution in [-0.4, -0.2) is 27.7 Å². The van der Waals surface area contributed by atoms with E-state index < -0.39 is 12.1 Å². The van der Waals surface area contributed by atoms with Crippen LogP contribution in [0.15, 0.2) is 61.1 Å². The van der Waals surface area contributed by atoms with Crippen molar-refractivity contribution in [3.05, 3.63) is 94.7 Å². The van der Waals surface area contributed by atoms with Crippen LogP contribution in [0, 0.1) is 19.7 Å². The van der Waals surface area contributed by atoms with Gasteiger partial charge in [0.15, 0.2) is 0 Å². The average Bonchev–Trinajstić information content (AvgIpc) is 3.50. The first kappa shape index (κ1) is 24.1. The number of ether oxygens (including phenoxy) is 2. The molecular weight excluding hydrogens is 483 g/mol. The van der Waals surface area contributed by atoms with Gasteiger partial charge in [-0.2, -0.15) is 0 Å². The molecule has 0 amide bonds. The molecule has 4 aromatic rings. The minimum atomic E-state index is -0.852. The highest BCUT2D eigenvalue weighted by molar-refractivity contribution is 5.79. The van der Waals surface area contributed by atoms with Gasteiger partial charge < -0.3 is 14.6 Å². The standard InChI is InChI=1S/C31H27FN2O4/c1-17-11-19(26-9-10-33-16-34-26)12-18(2)30(17)23-5-7-25(32)31-24(23)6-8-27(31)38-21-3-4-22-20(13-29(35)36)15-37-28(22)14-21/h3-5,7,9-12,14,16,20,27H,6,8,13,15H2,1-2H3,(H,35,36)/t20?,27-/m1/s1. The number of carboxylic acid groups (broad SMARTS) is 1. The first-order valence-electron chi connectivity index (χ1n) is 12.7. The summed E-state index contributed by atoms with van der Waals surface area (Å²) in [4.78, 5) is 19.5. The van der Waals surface area contributed by atoms with Gasteiger partial charge in [-0.1, -0.05) is 12.1 Å². The van der Waals surface area contributed by atoms with Gasteiger partial charge in [0.2, 0.25) is 0 Å². The van der Waals surface area contributed by atoms with Crippen LogP contribution in [0.3, 0.4) is 0 Å². The normalized spacial score (nSPS) is 17.6. The summed E-state index contributed by atoms with van der Waals surface area (Å²) in [5.74, 6) is -0.0658. The lowest BCUT2D eigenvalue weighted by Gasteiger charge is -2.19. The number of hydrogen-bond donors (Lipinski definition) is 1. The number of nitrogens with zero attached hydrogens (tertiary/aromatic N) is 2. The van der Waals surface area contributed by atoms with E-state index in [1.807, 2.05) is 24.3 Å². The number of fused-ring (bicyclic) bond motifs is 2. The van der Waals surface area contributed by atoms with Crippen LogP contribution in [-0.2, 0) is 11.2 Å². The molecule has 38 heavy (non-hydrogen) atoms. The first-order chi connectivity index (χ1) is 18.4. The zero-order valence-corrected chi connectivity index (χ0v) is 21.2. The van der Waals surface area contributed by atoms with Gasteiger partial charge in [0, 0.05) is 34.9 Å². The number of aliphatic carboxylic acids is 1. The summed E-state index contributed by atoms with van der Waals surface area (Å²) < 4.78 is 27.3. The van der Waals surface area contributed by atoms with Crippen LogP contribution in [0.5, 0.6) is 11.5 Å². The van der Waals surface area contributed by atoms with E-state index in [1.165, 1.54) is 6.07 Å². The third-order valence-corrected chi connectivity index (χ3v) is 7.53. The fraction of sp³-hybridized carbons (Fsp3) is 0.258. The quantitative estimate of drug-likeness (QED) is 0.315. The number of carboxylic acids is 1. The van der Waals surface area contributed by atoms with E-state index in [1.54, 1.807) is 18.6 Å². The summed E-state index contributed by atoms with van der Waals surface area (Å²) in [6, 6.07) is 15.0. The smallest absolute Gasteiger partial charge is 0.304 e. The topological polar surface area (TPSA) is 81.5 Å². The molecule has 3 aromatic carbocycles. The van der Waals surface area contributed by atoms with E-state index in [0.717, 1.165) is 44.6 Å². The molecule has 2 atom stereocenters. The number of halogens is 1. The minimum absolute atomic E-state index is 0.0239. The van der Waals surface area contributed by atoms with E-state index in [9.17, 15) is 4.79 Å². The molecule has 2 heterocycles. The molecule has 192 valence electrons. The second-order valence-corrected chi connectivity index (χ2v) is 10.0. The number of rotatable bonds is 6. The molecule has 7 heteroatoms. The third kappa shape index (κ3) is 4.28. The van der Waals surface area contributed by atoms with E-state index in [-0.39, 0.29) is 18.2 Å². The largest absolute Gasteiger partial charge is 0.492 e. The van der Waals surface area contributed by atoms with Crippen molar-refractivity contribution in [2.24, 2.45) is 0 Å². The monoisotopic (exact) mass is 510 g/mol. The molecule has 6 rings (SSSR count). The van der Waals surface area contributed by atoms with Gasteiger partial charge in [0.25, 0.3) is 0 Å². The van der Waals surface area contributed by atoms with Crippen molar-refractivity contribution in [3.8, 4) is 33.9 Å². The van der Waals surface area contributed by atoms with Crippen LogP contribution in [0.25, 0.3) is 22.4 Å². The molecule has 1 unspecified atom stereocenters. The van der Waals surface area contributed by atoms with Crippen molar-refractivity contribution >= 4 is 5.97 Å². The number of benzene rings is 3. The van der Waals surface area contributed by atoms with Crippen molar-refractivity contribution in [1.29, 1.82) is 0 Å². The summed E-state index contributed by atoms with van der Waals surface area (Å²) in [6.45, 7) is 4.49. The van der Waals surface area contributed by atoms with E-state index in [4.69, 9.17) is 14.6 Å². The summed E-state index contributed by atoms with van der Waals surface area (Å²) in [7, 11) is 0. The lowest BCUT2D eigenvalue weighted by atomic mass is 9.88. The maximum Gasteiger partial charge on any atom is 0.304 e. The zero-order valence-electron chi connectivity index (χ0n) is 21.2. The Morgan fingerprint density at radius 1 is 1.13 bits per heavy atom. The van der Waals surface area contributed by atoms with Crippen LogP contribution in [0.4, 0.5) is 4.39 Å². The second kappa shape index (κ2) is 9.56. The highest BCUT2D eigenvalue weighted by atomic mass is 19.1. The second-order valence-electron chi connectivity index (χ2n) is 10.0. The first-order valence-corrected chi connectivity index (χ1v) is 12.7. The molecule has 1 N–H and O–H groups in total. The van der Waals surface area contributed by atoms with E-state index >= 15 is 4.39 Å². The summed E-state index contributed by atoms with van der Waals surface area (Å²) in [5, 5.41) is 9.15. The van der Waals surface area contributed by atoms with Crippen LogP contribution < -0.4 is 9.47 Å². The molecule has 1 aliphatic heterocycles. The van der Waals surface area contributed by atoms with Crippen molar-refractivity contribution in [3.63, 3.8) is 0 Å². The Hall–Kier alpha value is -4.26. The molecule has 0 spiro atoms. The van der Waals surface area contributed by atoms with E-state index in [2.05, 4.69) is 35.9 Å². The van der Waals surface area contributed by atoms with Gasteiger partial charge in [-0.15, -0.1) is 0 Å². The maximum absolute atomic E-state index is 15.2. The Balaban J connectivity index is 1.31. The van der Waals surface area contributed by atoms with Gasteiger partial charge in [0.05, 0.1) is 18.7 Å². The molecule has 6 nitrogen and oxygen atoms in total. The third-order valence-electron chi connectivity index (χ3n) is 7.53. The minimum Gasteiger partial charge on any atom is -0.492 e. The predicted octanol–water partition coefficient (Wildman–Crippen LogP) is 6.58. The molecule has 0 fully saturated rings. The Morgan fingerprint density at radius 2 is 1.95 bits per heavy atom. The summed E-state index contributed by atoms with van der Waals surface area (Å²) >= 11 is 0. The van der Waals surface area contributed by atoms with Gasteiger partial charge in [-0.25, -0.2) is 14.4 Å². The lowest BCUT2D eigenvalue weighted by molar-refractivity contribution is -0.137. The average molecular weight is 511 g/mol. The van der Waals surface area contributed by atoms with Gasteiger partial charge in [-0.3, -0.25) is 4.79 Å². The van der Waals surface area contributed by atoms with Crippen molar-refractivity contribution < 1.29 is 23.8 Å². The fourth-order valence-corrected chi connectivity index (χ4v) is 5.90. The van der Waals surface area contributed by atoms with E-state index in [0.29, 0.717) is 36.5 Å². The summed E-state index contributed by atoms with van der Waals surface area (Å²) in [6.07, 6.45) is 4.26. The fourth-order valence-electron chi connectivity index (χ4n) is 5.90. The van der Waals surface area contributed by atoms with Gasteiger partial charge in [0.1, 0.15) is 29.7 Å². The Morgan fingerprint density at radius 3 is 2.68 bits per heavy atom. The van der Waals surface area contributed by atoms with Crippen LogP contribution >= 0.6 is 0 Å². The van der Waals surface area contributed by atoms with Crippen LogP contribution in [0.1, 0.15) is 52.7 Å². The SMILES string of the molecule is Cc1cc(-c2ccncn2)cc(C)c1-c1ccc(F)c2c1CC[C@H]2Oc1ccc2c(c1)OCC2CC(=O)O.